The highest BCUT2D eigenvalue weighted by molar-refractivity contribution is 6.05. The third-order valence-electron chi connectivity index (χ3n) is 5.16. The minimum Gasteiger partial charge on any atom is -0.361 e. The van der Waals surface area contributed by atoms with Gasteiger partial charge in [-0.1, -0.05) is 36.4 Å². The molecule has 1 heterocycles. The van der Waals surface area contributed by atoms with Gasteiger partial charge in [-0.3, -0.25) is 9.59 Å². The fourth-order valence-electron chi connectivity index (χ4n) is 3.43. The van der Waals surface area contributed by atoms with E-state index in [0.717, 1.165) is 23.2 Å². The number of aromatic nitrogens is 1. The van der Waals surface area contributed by atoms with Crippen LogP contribution < -0.4 is 10.6 Å². The molecule has 0 aliphatic rings. The maximum Gasteiger partial charge on any atom is 0.255 e. The molecule has 0 aliphatic carbocycles. The summed E-state index contributed by atoms with van der Waals surface area (Å²) >= 11 is 0. The van der Waals surface area contributed by atoms with Crippen molar-refractivity contribution >= 4 is 28.4 Å². The largest absolute Gasteiger partial charge is 0.361 e. The second-order valence-electron chi connectivity index (χ2n) is 7.21. The molecule has 150 valence electrons. The maximum absolute atomic E-state index is 12.4. The Morgan fingerprint density at radius 3 is 2.27 bits per heavy atom. The number of nitrogens with one attached hydrogen (secondary N) is 3. The molecule has 3 aromatic carbocycles. The maximum atomic E-state index is 12.4. The van der Waals surface area contributed by atoms with Gasteiger partial charge in [-0.2, -0.15) is 0 Å². The summed E-state index contributed by atoms with van der Waals surface area (Å²) in [6.07, 6.45) is 2.73. The minimum atomic E-state index is -0.199. The van der Waals surface area contributed by atoms with Crippen molar-refractivity contribution in [2.24, 2.45) is 0 Å². The lowest BCUT2D eigenvalue weighted by atomic mass is 10.1. The predicted molar refractivity (Wildman–Crippen MR) is 120 cm³/mol. The average Bonchev–Trinajstić information content (AvgIpc) is 3.18. The average molecular weight is 397 g/mol. The Labute approximate surface area is 175 Å². The van der Waals surface area contributed by atoms with E-state index in [0.29, 0.717) is 17.7 Å². The monoisotopic (exact) mass is 397 g/mol. The fraction of sp³-hybridized carbons (Fsp3) is 0.120. The molecule has 0 radical (unpaired) electrons. The van der Waals surface area contributed by atoms with Crippen LogP contribution in [0.1, 0.15) is 31.8 Å². The second kappa shape index (κ2) is 8.66. The van der Waals surface area contributed by atoms with E-state index < -0.39 is 0 Å². The van der Waals surface area contributed by atoms with Gasteiger partial charge in [0.2, 0.25) is 0 Å². The number of anilines is 1. The number of benzene rings is 3. The van der Waals surface area contributed by atoms with E-state index in [9.17, 15) is 9.59 Å². The first kappa shape index (κ1) is 19.5. The molecule has 0 atom stereocenters. The van der Waals surface area contributed by atoms with Crippen molar-refractivity contribution in [1.82, 2.24) is 10.3 Å². The number of hydrogen-bond donors (Lipinski definition) is 3. The lowest BCUT2D eigenvalue weighted by Gasteiger charge is -2.09. The van der Waals surface area contributed by atoms with Crippen LogP contribution in [0.5, 0.6) is 0 Å². The van der Waals surface area contributed by atoms with Crippen molar-refractivity contribution in [3.63, 3.8) is 0 Å². The SMILES string of the molecule is Cc1ccccc1NC(=O)c1ccc(C(=O)NCCc2c[nH]c3ccccc23)cc1. The Morgan fingerprint density at radius 2 is 1.50 bits per heavy atom. The van der Waals surface area contributed by atoms with Crippen LogP contribution in [0, 0.1) is 6.92 Å². The van der Waals surface area contributed by atoms with Gasteiger partial charge in [0.1, 0.15) is 0 Å². The first-order valence-corrected chi connectivity index (χ1v) is 9.92. The number of amides is 2. The van der Waals surface area contributed by atoms with Crippen molar-refractivity contribution in [1.29, 1.82) is 0 Å². The molecule has 4 aromatic rings. The van der Waals surface area contributed by atoms with Crippen molar-refractivity contribution < 1.29 is 9.59 Å². The lowest BCUT2D eigenvalue weighted by molar-refractivity contribution is 0.0952. The van der Waals surface area contributed by atoms with Crippen molar-refractivity contribution in [3.05, 3.63) is 101 Å². The Kier molecular flexibility index (Phi) is 5.61. The van der Waals surface area contributed by atoms with Crippen molar-refractivity contribution in [3.8, 4) is 0 Å². The number of carbonyl (C=O) groups excluding carboxylic acids is 2. The van der Waals surface area contributed by atoms with Crippen LogP contribution in [0.25, 0.3) is 10.9 Å². The number of carbonyl (C=O) groups is 2. The first-order chi connectivity index (χ1) is 14.6. The Balaban J connectivity index is 1.33. The highest BCUT2D eigenvalue weighted by atomic mass is 16.2. The van der Waals surface area contributed by atoms with Crippen LogP contribution >= 0.6 is 0 Å². The second-order valence-corrected chi connectivity index (χ2v) is 7.21. The zero-order valence-electron chi connectivity index (χ0n) is 16.7. The molecule has 0 spiro atoms. The summed E-state index contributed by atoms with van der Waals surface area (Å²) in [7, 11) is 0. The van der Waals surface area contributed by atoms with E-state index in [1.165, 1.54) is 10.9 Å². The number of para-hydroxylation sites is 2. The normalized spacial score (nSPS) is 10.7. The number of aryl methyl sites for hydroxylation is 1. The number of aromatic amines is 1. The number of fused-ring (bicyclic) bond motifs is 1. The van der Waals surface area contributed by atoms with E-state index in [1.54, 1.807) is 24.3 Å². The van der Waals surface area contributed by atoms with E-state index >= 15 is 0 Å². The molecular formula is C25H23N3O2. The summed E-state index contributed by atoms with van der Waals surface area (Å²) in [6, 6.07) is 22.4. The third kappa shape index (κ3) is 4.25. The summed E-state index contributed by atoms with van der Waals surface area (Å²) in [6.45, 7) is 2.48. The molecule has 0 saturated heterocycles. The van der Waals surface area contributed by atoms with Crippen LogP contribution in [0.2, 0.25) is 0 Å². The molecule has 4 rings (SSSR count). The van der Waals surface area contributed by atoms with Gasteiger partial charge >= 0.3 is 0 Å². The van der Waals surface area contributed by atoms with E-state index in [1.807, 2.05) is 55.6 Å². The molecule has 1 aromatic heterocycles. The number of rotatable bonds is 6. The molecule has 0 saturated carbocycles. The zero-order chi connectivity index (χ0) is 20.9. The van der Waals surface area contributed by atoms with Crippen LogP contribution in [0.15, 0.2) is 79.0 Å². The van der Waals surface area contributed by atoms with Crippen LogP contribution in [-0.4, -0.2) is 23.3 Å². The van der Waals surface area contributed by atoms with Crippen LogP contribution in [0.3, 0.4) is 0 Å². The standard InChI is InChI=1S/C25H23N3O2/c1-17-6-2-4-8-22(17)28-25(30)19-12-10-18(11-13-19)24(29)26-15-14-20-16-27-23-9-5-3-7-21(20)23/h2-13,16,27H,14-15H2,1H3,(H,26,29)(H,28,30). The Hall–Kier alpha value is -3.86. The molecule has 3 N–H and O–H groups in total. The van der Waals surface area contributed by atoms with Gasteiger partial charge in [-0.05, 0) is 60.9 Å². The molecular weight excluding hydrogens is 374 g/mol. The smallest absolute Gasteiger partial charge is 0.255 e. The van der Waals surface area contributed by atoms with Crippen LogP contribution in [0.4, 0.5) is 5.69 Å². The van der Waals surface area contributed by atoms with Gasteiger partial charge in [0.15, 0.2) is 0 Å². The van der Waals surface area contributed by atoms with Gasteiger partial charge < -0.3 is 15.6 Å². The quantitative estimate of drug-likeness (QED) is 0.441. The number of H-pyrrole nitrogens is 1. The predicted octanol–water partition coefficient (Wildman–Crippen LogP) is 4.70. The summed E-state index contributed by atoms with van der Waals surface area (Å²) in [5, 5.41) is 7.02. The highest BCUT2D eigenvalue weighted by Gasteiger charge is 2.10. The van der Waals surface area contributed by atoms with E-state index in [4.69, 9.17) is 0 Å². The molecule has 0 unspecified atom stereocenters. The summed E-state index contributed by atoms with van der Waals surface area (Å²) in [5.41, 5.74) is 5.08. The minimum absolute atomic E-state index is 0.152. The highest BCUT2D eigenvalue weighted by Crippen LogP contribution is 2.18. The van der Waals surface area contributed by atoms with Gasteiger partial charge in [-0.25, -0.2) is 0 Å². The van der Waals surface area contributed by atoms with Gasteiger partial charge in [0.25, 0.3) is 11.8 Å². The third-order valence-corrected chi connectivity index (χ3v) is 5.16. The lowest BCUT2D eigenvalue weighted by Crippen LogP contribution is -2.25. The summed E-state index contributed by atoms with van der Waals surface area (Å²) in [4.78, 5) is 28.1. The summed E-state index contributed by atoms with van der Waals surface area (Å²) in [5.74, 6) is -0.351. The molecule has 0 bridgehead atoms. The molecule has 0 fully saturated rings. The molecule has 5 nitrogen and oxygen atoms in total. The van der Waals surface area contributed by atoms with E-state index in [-0.39, 0.29) is 11.8 Å². The van der Waals surface area contributed by atoms with Crippen molar-refractivity contribution in [2.75, 3.05) is 11.9 Å². The molecule has 2 amide bonds. The van der Waals surface area contributed by atoms with Gasteiger partial charge in [-0.15, -0.1) is 0 Å². The Morgan fingerprint density at radius 1 is 0.833 bits per heavy atom. The topological polar surface area (TPSA) is 74.0 Å². The molecule has 0 aliphatic heterocycles. The number of hydrogen-bond acceptors (Lipinski definition) is 2. The fourth-order valence-corrected chi connectivity index (χ4v) is 3.43. The van der Waals surface area contributed by atoms with Crippen LogP contribution in [-0.2, 0) is 6.42 Å². The Bertz CT molecular complexity index is 1190. The summed E-state index contributed by atoms with van der Waals surface area (Å²) < 4.78 is 0. The molecule has 30 heavy (non-hydrogen) atoms. The van der Waals surface area contributed by atoms with E-state index in [2.05, 4.69) is 21.7 Å². The van der Waals surface area contributed by atoms with Gasteiger partial charge in [0, 0.05) is 40.5 Å². The van der Waals surface area contributed by atoms with Crippen molar-refractivity contribution in [2.45, 2.75) is 13.3 Å². The zero-order valence-corrected chi connectivity index (χ0v) is 16.7. The first-order valence-electron chi connectivity index (χ1n) is 9.92. The molecule has 5 heteroatoms. The van der Waals surface area contributed by atoms with Gasteiger partial charge in [0.05, 0.1) is 0 Å².